The Morgan fingerprint density at radius 2 is 1.84 bits per heavy atom. The normalized spacial score (nSPS) is 23.2. The summed E-state index contributed by atoms with van der Waals surface area (Å²) in [7, 11) is 0. The quantitative estimate of drug-likeness (QED) is 0.598. The number of hydrogen-bond donors (Lipinski definition) is 0. The first-order valence-electron chi connectivity index (χ1n) is 6.65. The van der Waals surface area contributed by atoms with E-state index in [2.05, 4.69) is 6.92 Å². The predicted molar refractivity (Wildman–Crippen MR) is 67.9 cm³/mol. The molecule has 0 heterocycles. The van der Waals surface area contributed by atoms with Gasteiger partial charge in [-0.1, -0.05) is 6.92 Å². The number of rotatable bonds is 2. The molecule has 0 N–H and O–H groups in total. The van der Waals surface area contributed by atoms with Crippen LogP contribution in [-0.4, -0.2) is 5.97 Å². The lowest BCUT2D eigenvalue weighted by Crippen LogP contribution is -2.25. The summed E-state index contributed by atoms with van der Waals surface area (Å²) in [4.78, 5) is 12.0. The van der Waals surface area contributed by atoms with Gasteiger partial charge in [-0.25, -0.2) is 8.78 Å². The highest BCUT2D eigenvalue weighted by molar-refractivity contribution is 5.75. The Labute approximate surface area is 111 Å². The highest BCUT2D eigenvalue weighted by Crippen LogP contribution is 2.30. The molecule has 0 unspecified atom stereocenters. The zero-order chi connectivity index (χ0) is 14.0. The van der Waals surface area contributed by atoms with Gasteiger partial charge in [0.05, 0.1) is 5.92 Å². The van der Waals surface area contributed by atoms with E-state index in [9.17, 15) is 13.6 Å². The third-order valence-corrected chi connectivity index (χ3v) is 3.85. The lowest BCUT2D eigenvalue weighted by molar-refractivity contribution is -0.140. The van der Waals surface area contributed by atoms with Gasteiger partial charge in [-0.15, -0.1) is 0 Å². The minimum Gasteiger partial charge on any atom is -0.426 e. The molecule has 1 saturated carbocycles. The van der Waals surface area contributed by atoms with Crippen LogP contribution in [0.5, 0.6) is 5.75 Å². The molecule has 0 amide bonds. The Hall–Kier alpha value is -1.45. The molecule has 19 heavy (non-hydrogen) atoms. The molecular weight excluding hydrogens is 250 g/mol. The molecule has 0 spiro atoms. The van der Waals surface area contributed by atoms with Gasteiger partial charge in [-0.2, -0.15) is 0 Å². The van der Waals surface area contributed by atoms with Gasteiger partial charge in [-0.3, -0.25) is 4.79 Å². The summed E-state index contributed by atoms with van der Waals surface area (Å²) in [5.41, 5.74) is 0.0394. The first kappa shape index (κ1) is 14.0. The van der Waals surface area contributed by atoms with E-state index in [1.807, 2.05) is 0 Å². The second-order valence-electron chi connectivity index (χ2n) is 5.36. The van der Waals surface area contributed by atoms with Crippen molar-refractivity contribution in [2.45, 2.75) is 39.5 Å². The molecule has 0 saturated heterocycles. The summed E-state index contributed by atoms with van der Waals surface area (Å²) in [6, 6.07) is 2.28. The molecule has 0 aromatic heterocycles. The van der Waals surface area contributed by atoms with Crippen molar-refractivity contribution in [3.63, 3.8) is 0 Å². The second kappa shape index (κ2) is 5.68. The van der Waals surface area contributed by atoms with Gasteiger partial charge < -0.3 is 4.74 Å². The molecule has 2 nitrogen and oxygen atoms in total. The van der Waals surface area contributed by atoms with E-state index < -0.39 is 11.6 Å². The highest BCUT2D eigenvalue weighted by Gasteiger charge is 2.26. The van der Waals surface area contributed by atoms with Gasteiger partial charge in [-0.05, 0) is 50.7 Å². The summed E-state index contributed by atoms with van der Waals surface area (Å²) >= 11 is 0. The smallest absolute Gasteiger partial charge is 0.314 e. The van der Waals surface area contributed by atoms with Crippen molar-refractivity contribution in [2.75, 3.05) is 0 Å². The zero-order valence-electron chi connectivity index (χ0n) is 11.2. The fourth-order valence-electron chi connectivity index (χ4n) is 2.43. The molecule has 1 fully saturated rings. The van der Waals surface area contributed by atoms with Crippen LogP contribution < -0.4 is 4.74 Å². The fraction of sp³-hybridized carbons (Fsp3) is 0.533. The van der Waals surface area contributed by atoms with Gasteiger partial charge >= 0.3 is 5.97 Å². The lowest BCUT2D eigenvalue weighted by Gasteiger charge is -2.24. The average Bonchev–Trinajstić information content (AvgIpc) is 2.40. The van der Waals surface area contributed by atoms with Crippen molar-refractivity contribution in [1.82, 2.24) is 0 Å². The summed E-state index contributed by atoms with van der Waals surface area (Å²) in [6.07, 6.45) is 3.64. The minimum atomic E-state index is -0.956. The number of hydrogen-bond acceptors (Lipinski definition) is 2. The molecule has 0 atom stereocenters. The Kier molecular flexibility index (Phi) is 4.17. The van der Waals surface area contributed by atoms with Crippen molar-refractivity contribution < 1.29 is 18.3 Å². The Morgan fingerprint density at radius 3 is 2.47 bits per heavy atom. The van der Waals surface area contributed by atoms with Crippen LogP contribution in [0.4, 0.5) is 8.78 Å². The van der Waals surface area contributed by atoms with Crippen LogP contribution in [0.2, 0.25) is 0 Å². The minimum absolute atomic E-state index is 0.0394. The Morgan fingerprint density at radius 1 is 1.21 bits per heavy atom. The highest BCUT2D eigenvalue weighted by atomic mass is 19.2. The van der Waals surface area contributed by atoms with E-state index in [0.29, 0.717) is 5.92 Å². The van der Waals surface area contributed by atoms with Crippen LogP contribution in [0, 0.1) is 30.4 Å². The summed E-state index contributed by atoms with van der Waals surface area (Å²) in [6.45, 7) is 3.57. The lowest BCUT2D eigenvalue weighted by atomic mass is 9.83. The molecule has 0 aliphatic heterocycles. The SMILES string of the molecule is Cc1c(OC(=O)C2CCC(C)CC2)ccc(F)c1F. The number of halogens is 2. The van der Waals surface area contributed by atoms with Crippen LogP contribution in [-0.2, 0) is 4.79 Å². The largest absolute Gasteiger partial charge is 0.426 e. The van der Waals surface area contributed by atoms with Crippen molar-refractivity contribution in [2.24, 2.45) is 11.8 Å². The standard InChI is InChI=1S/C15H18F2O2/c1-9-3-5-11(6-4-9)15(18)19-13-8-7-12(16)14(17)10(13)2/h7-9,11H,3-6H2,1-2H3. The number of carbonyl (C=O) groups excluding carboxylic acids is 1. The van der Waals surface area contributed by atoms with Crippen molar-refractivity contribution in [3.05, 3.63) is 29.3 Å². The van der Waals surface area contributed by atoms with E-state index in [1.165, 1.54) is 13.0 Å². The third-order valence-electron chi connectivity index (χ3n) is 3.85. The van der Waals surface area contributed by atoms with Gasteiger partial charge in [0.2, 0.25) is 0 Å². The molecule has 1 aliphatic carbocycles. The number of ether oxygens (including phenoxy) is 1. The molecule has 1 aromatic carbocycles. The number of esters is 1. The molecule has 0 bridgehead atoms. The van der Waals surface area contributed by atoms with Crippen molar-refractivity contribution >= 4 is 5.97 Å². The van der Waals surface area contributed by atoms with Crippen LogP contribution in [0.3, 0.4) is 0 Å². The Balaban J connectivity index is 2.05. The topological polar surface area (TPSA) is 26.3 Å². The summed E-state index contributed by atoms with van der Waals surface area (Å²) in [5, 5.41) is 0. The van der Waals surface area contributed by atoms with Crippen molar-refractivity contribution in [1.29, 1.82) is 0 Å². The van der Waals surface area contributed by atoms with Gasteiger partial charge in [0.25, 0.3) is 0 Å². The van der Waals surface area contributed by atoms with E-state index in [-0.39, 0.29) is 23.2 Å². The number of carbonyl (C=O) groups is 1. The van der Waals surface area contributed by atoms with E-state index >= 15 is 0 Å². The summed E-state index contributed by atoms with van der Waals surface area (Å²) in [5.74, 6) is -1.58. The summed E-state index contributed by atoms with van der Waals surface area (Å²) < 4.78 is 31.6. The van der Waals surface area contributed by atoms with Crippen LogP contribution in [0.25, 0.3) is 0 Å². The van der Waals surface area contributed by atoms with Crippen LogP contribution >= 0.6 is 0 Å². The molecular formula is C15H18F2O2. The van der Waals surface area contributed by atoms with Crippen molar-refractivity contribution in [3.8, 4) is 5.75 Å². The van der Waals surface area contributed by atoms with Crippen LogP contribution in [0.1, 0.15) is 38.2 Å². The van der Waals surface area contributed by atoms with E-state index in [0.717, 1.165) is 31.7 Å². The first-order valence-corrected chi connectivity index (χ1v) is 6.65. The number of benzene rings is 1. The molecule has 4 heteroatoms. The maximum absolute atomic E-state index is 13.4. The zero-order valence-corrected chi connectivity index (χ0v) is 11.2. The molecule has 2 rings (SSSR count). The fourth-order valence-corrected chi connectivity index (χ4v) is 2.43. The van der Waals surface area contributed by atoms with Gasteiger partial charge in [0, 0.05) is 5.56 Å². The monoisotopic (exact) mass is 268 g/mol. The van der Waals surface area contributed by atoms with Crippen LogP contribution in [0.15, 0.2) is 12.1 Å². The molecule has 1 aliphatic rings. The maximum atomic E-state index is 13.4. The molecule has 1 aromatic rings. The molecule has 0 radical (unpaired) electrons. The van der Waals surface area contributed by atoms with E-state index in [4.69, 9.17) is 4.74 Å². The second-order valence-corrected chi connectivity index (χ2v) is 5.36. The van der Waals surface area contributed by atoms with Gasteiger partial charge in [0.15, 0.2) is 11.6 Å². The van der Waals surface area contributed by atoms with E-state index in [1.54, 1.807) is 0 Å². The Bertz CT molecular complexity index is 477. The molecule has 104 valence electrons. The first-order chi connectivity index (χ1) is 8.99. The maximum Gasteiger partial charge on any atom is 0.314 e. The predicted octanol–water partition coefficient (Wildman–Crippen LogP) is 4.00. The van der Waals surface area contributed by atoms with Gasteiger partial charge in [0.1, 0.15) is 5.75 Å². The average molecular weight is 268 g/mol. The third kappa shape index (κ3) is 3.11.